The van der Waals surface area contributed by atoms with Gasteiger partial charge in [-0.05, 0) is 45.9 Å². The van der Waals surface area contributed by atoms with E-state index in [1.807, 2.05) is 14.1 Å². The van der Waals surface area contributed by atoms with Crippen LogP contribution >= 0.6 is 12.4 Å². The van der Waals surface area contributed by atoms with Crippen molar-refractivity contribution < 1.29 is 4.79 Å². The van der Waals surface area contributed by atoms with Gasteiger partial charge in [0.25, 0.3) is 0 Å². The molecule has 0 heterocycles. The molecule has 0 radical (unpaired) electrons. The van der Waals surface area contributed by atoms with Gasteiger partial charge in [0.1, 0.15) is 0 Å². The number of hydrogen-bond donors (Lipinski definition) is 0. The van der Waals surface area contributed by atoms with Crippen LogP contribution in [0.5, 0.6) is 0 Å². The minimum atomic E-state index is -0.252. The minimum Gasteiger partial charge on any atom is -0.297 e. The normalized spacial score (nSPS) is 27.6. The highest BCUT2D eigenvalue weighted by molar-refractivity contribution is 6.04. The molecule has 1 aliphatic carbocycles. The standard InChI is InChI=1S/C13H23NO.ClH/c1-5-6-7-8-11-9-10-13(2,12(11)15)14(3)4;/h8H,5-7,9-10H2,1-4H3;1H/b11-8+;. The summed E-state index contributed by atoms with van der Waals surface area (Å²) >= 11 is 0. The number of carbonyl (C=O) groups excluding carboxylic acids is 1. The van der Waals surface area contributed by atoms with Crippen LogP contribution in [0.1, 0.15) is 46.0 Å². The smallest absolute Gasteiger partial charge is 0.178 e. The lowest BCUT2D eigenvalue weighted by Gasteiger charge is -2.29. The van der Waals surface area contributed by atoms with E-state index in [-0.39, 0.29) is 17.9 Å². The Labute approximate surface area is 105 Å². The van der Waals surface area contributed by atoms with Gasteiger partial charge in [-0.1, -0.05) is 25.8 Å². The number of halogens is 1. The van der Waals surface area contributed by atoms with Gasteiger partial charge in [-0.2, -0.15) is 0 Å². The van der Waals surface area contributed by atoms with Crippen molar-refractivity contribution in [3.8, 4) is 0 Å². The average molecular weight is 246 g/mol. The second-order valence-electron chi connectivity index (χ2n) is 4.87. The van der Waals surface area contributed by atoms with E-state index in [9.17, 15) is 4.79 Å². The Kier molecular flexibility index (Phi) is 6.27. The van der Waals surface area contributed by atoms with Crippen LogP contribution in [0.25, 0.3) is 0 Å². The van der Waals surface area contributed by atoms with Gasteiger partial charge >= 0.3 is 0 Å². The van der Waals surface area contributed by atoms with Crippen LogP contribution in [0.3, 0.4) is 0 Å². The molecule has 1 unspecified atom stereocenters. The first-order valence-corrected chi connectivity index (χ1v) is 5.93. The Balaban J connectivity index is 0.00000225. The molecule has 1 saturated carbocycles. The molecule has 0 aromatic heterocycles. The predicted octanol–water partition coefficient (Wildman–Crippen LogP) is 3.21. The van der Waals surface area contributed by atoms with E-state index in [0.717, 1.165) is 24.8 Å². The summed E-state index contributed by atoms with van der Waals surface area (Å²) in [6.07, 6.45) is 7.52. The van der Waals surface area contributed by atoms with Gasteiger partial charge in [-0.25, -0.2) is 0 Å². The van der Waals surface area contributed by atoms with Gasteiger partial charge in [0.05, 0.1) is 5.54 Å². The van der Waals surface area contributed by atoms with Crippen LogP contribution < -0.4 is 0 Å². The Morgan fingerprint density at radius 1 is 1.44 bits per heavy atom. The molecule has 16 heavy (non-hydrogen) atoms. The summed E-state index contributed by atoms with van der Waals surface area (Å²) in [5.41, 5.74) is 0.803. The van der Waals surface area contributed by atoms with Gasteiger partial charge < -0.3 is 0 Å². The maximum Gasteiger partial charge on any atom is 0.178 e. The zero-order valence-electron chi connectivity index (χ0n) is 10.9. The van der Waals surface area contributed by atoms with E-state index in [0.29, 0.717) is 5.78 Å². The van der Waals surface area contributed by atoms with Gasteiger partial charge in [-0.15, -0.1) is 12.4 Å². The summed E-state index contributed by atoms with van der Waals surface area (Å²) < 4.78 is 0. The summed E-state index contributed by atoms with van der Waals surface area (Å²) in [5.74, 6) is 0.337. The van der Waals surface area contributed by atoms with E-state index in [2.05, 4.69) is 24.8 Å². The Morgan fingerprint density at radius 2 is 2.06 bits per heavy atom. The van der Waals surface area contributed by atoms with Crippen molar-refractivity contribution in [3.63, 3.8) is 0 Å². The number of hydrogen-bond acceptors (Lipinski definition) is 2. The van der Waals surface area contributed by atoms with Gasteiger partial charge in [0.2, 0.25) is 0 Å². The van der Waals surface area contributed by atoms with Crippen LogP contribution in [-0.4, -0.2) is 30.3 Å². The maximum atomic E-state index is 12.2. The van der Waals surface area contributed by atoms with E-state index in [1.54, 1.807) is 0 Å². The topological polar surface area (TPSA) is 20.3 Å². The average Bonchev–Trinajstić information content (AvgIpc) is 2.48. The lowest BCUT2D eigenvalue weighted by molar-refractivity contribution is -0.123. The molecule has 0 amide bonds. The van der Waals surface area contributed by atoms with E-state index in [4.69, 9.17) is 0 Å². The second-order valence-corrected chi connectivity index (χ2v) is 4.87. The van der Waals surface area contributed by atoms with Crippen molar-refractivity contribution >= 4 is 18.2 Å². The summed E-state index contributed by atoms with van der Waals surface area (Å²) in [4.78, 5) is 14.2. The fourth-order valence-corrected chi connectivity index (χ4v) is 2.05. The van der Waals surface area contributed by atoms with Crippen molar-refractivity contribution in [1.82, 2.24) is 4.90 Å². The Morgan fingerprint density at radius 3 is 2.50 bits per heavy atom. The molecule has 3 heteroatoms. The summed E-state index contributed by atoms with van der Waals surface area (Å²) in [6.45, 7) is 4.23. The minimum absolute atomic E-state index is 0. The monoisotopic (exact) mass is 245 g/mol. The molecular formula is C13H24ClNO. The van der Waals surface area contributed by atoms with Crippen LogP contribution in [0.15, 0.2) is 11.6 Å². The first kappa shape index (κ1) is 15.7. The molecule has 0 aromatic carbocycles. The molecule has 0 N–H and O–H groups in total. The molecule has 0 aliphatic heterocycles. The molecule has 94 valence electrons. The Bertz CT molecular complexity index is 273. The molecule has 0 spiro atoms. The second kappa shape index (κ2) is 6.41. The molecule has 2 nitrogen and oxygen atoms in total. The fourth-order valence-electron chi connectivity index (χ4n) is 2.05. The number of ketones is 1. The first-order chi connectivity index (χ1) is 7.02. The third-order valence-corrected chi connectivity index (χ3v) is 3.60. The fraction of sp³-hybridized carbons (Fsp3) is 0.769. The van der Waals surface area contributed by atoms with E-state index < -0.39 is 0 Å². The number of rotatable bonds is 4. The highest BCUT2D eigenvalue weighted by atomic mass is 35.5. The molecule has 0 aromatic rings. The van der Waals surface area contributed by atoms with Crippen molar-refractivity contribution in [2.24, 2.45) is 0 Å². The van der Waals surface area contributed by atoms with Crippen molar-refractivity contribution in [2.75, 3.05) is 14.1 Å². The van der Waals surface area contributed by atoms with Crippen LogP contribution in [0.2, 0.25) is 0 Å². The molecule has 1 atom stereocenters. The third kappa shape index (κ3) is 3.08. The van der Waals surface area contributed by atoms with Crippen LogP contribution in [-0.2, 0) is 4.79 Å². The lowest BCUT2D eigenvalue weighted by Crippen LogP contribution is -2.45. The zero-order valence-corrected chi connectivity index (χ0v) is 11.7. The maximum absolute atomic E-state index is 12.2. The van der Waals surface area contributed by atoms with E-state index in [1.165, 1.54) is 12.8 Å². The first-order valence-electron chi connectivity index (χ1n) is 5.93. The molecule has 0 bridgehead atoms. The summed E-state index contributed by atoms with van der Waals surface area (Å²) in [6, 6.07) is 0. The molecule has 1 rings (SSSR count). The highest BCUT2D eigenvalue weighted by Gasteiger charge is 2.42. The number of allylic oxidation sites excluding steroid dienone is 1. The van der Waals surface area contributed by atoms with Gasteiger partial charge in [0, 0.05) is 0 Å². The predicted molar refractivity (Wildman–Crippen MR) is 71.2 cm³/mol. The third-order valence-electron chi connectivity index (χ3n) is 3.60. The van der Waals surface area contributed by atoms with Gasteiger partial charge in [0.15, 0.2) is 5.78 Å². The molecule has 0 saturated heterocycles. The summed E-state index contributed by atoms with van der Waals surface area (Å²) in [7, 11) is 3.99. The number of unbranched alkanes of at least 4 members (excludes halogenated alkanes) is 2. The molecule has 1 aliphatic rings. The number of carbonyl (C=O) groups is 1. The van der Waals surface area contributed by atoms with Crippen LogP contribution in [0.4, 0.5) is 0 Å². The SMILES string of the molecule is CCCC/C=C1\CCC(C)(N(C)C)C1=O.Cl. The highest BCUT2D eigenvalue weighted by Crippen LogP contribution is 2.34. The summed E-state index contributed by atoms with van der Waals surface area (Å²) in [5, 5.41) is 0. The quantitative estimate of drug-likeness (QED) is 0.560. The number of nitrogens with zero attached hydrogens (tertiary/aromatic N) is 1. The lowest BCUT2D eigenvalue weighted by atomic mass is 9.97. The number of likely N-dealkylation sites (N-methyl/N-ethyl adjacent to an activating group) is 1. The molecule has 1 fully saturated rings. The van der Waals surface area contributed by atoms with E-state index >= 15 is 0 Å². The molecular weight excluding hydrogens is 222 g/mol. The Hall–Kier alpha value is -0.340. The van der Waals surface area contributed by atoms with Crippen molar-refractivity contribution in [2.45, 2.75) is 51.5 Å². The van der Waals surface area contributed by atoms with Crippen LogP contribution in [0, 0.1) is 0 Å². The largest absolute Gasteiger partial charge is 0.297 e. The van der Waals surface area contributed by atoms with Gasteiger partial charge in [-0.3, -0.25) is 9.69 Å². The number of Topliss-reactive ketones (excluding diaryl/α,β-unsaturated/α-hetero) is 1. The van der Waals surface area contributed by atoms with Crippen molar-refractivity contribution in [1.29, 1.82) is 0 Å². The van der Waals surface area contributed by atoms with Crippen molar-refractivity contribution in [3.05, 3.63) is 11.6 Å². The zero-order chi connectivity index (χ0) is 11.5.